The van der Waals surface area contributed by atoms with Gasteiger partial charge in [-0.15, -0.1) is 0 Å². The monoisotopic (exact) mass is 253 g/mol. The van der Waals surface area contributed by atoms with E-state index < -0.39 is 0 Å². The van der Waals surface area contributed by atoms with E-state index in [-0.39, 0.29) is 4.75 Å². The molecular formula is C12H15NOS2. The van der Waals surface area contributed by atoms with E-state index in [1.807, 2.05) is 35.1 Å². The van der Waals surface area contributed by atoms with Crippen molar-refractivity contribution in [2.45, 2.75) is 31.3 Å². The van der Waals surface area contributed by atoms with Crippen LogP contribution in [0.1, 0.15) is 26.3 Å². The summed E-state index contributed by atoms with van der Waals surface area (Å²) < 4.78 is 0.244. The molecule has 0 N–H and O–H groups in total. The van der Waals surface area contributed by atoms with Crippen molar-refractivity contribution in [1.29, 1.82) is 0 Å². The molecule has 4 heteroatoms. The molecule has 0 aliphatic carbocycles. The van der Waals surface area contributed by atoms with Crippen LogP contribution < -0.4 is 0 Å². The topological polar surface area (TPSA) is 29.4 Å². The predicted octanol–water partition coefficient (Wildman–Crippen LogP) is 4.33. The maximum absolute atomic E-state index is 10.3. The van der Waals surface area contributed by atoms with Crippen LogP contribution in [0, 0.1) is 0 Å². The number of nitrogens with zero attached hydrogens (tertiary/aromatic N) is 1. The summed E-state index contributed by atoms with van der Waals surface area (Å²) in [5.74, 6) is 0.850. The van der Waals surface area contributed by atoms with Crippen molar-refractivity contribution in [2.75, 3.05) is 0 Å². The SMILES string of the molecule is CC(C)(C)SSCc1ccccc1N=C=O. The second-order valence-electron chi connectivity index (χ2n) is 4.29. The Balaban J connectivity index is 2.63. The van der Waals surface area contributed by atoms with Crippen LogP contribution in [0.5, 0.6) is 0 Å². The molecule has 1 aromatic rings. The van der Waals surface area contributed by atoms with E-state index in [2.05, 4.69) is 25.8 Å². The van der Waals surface area contributed by atoms with Crippen LogP contribution in [0.4, 0.5) is 5.69 Å². The molecule has 0 atom stereocenters. The zero-order valence-electron chi connectivity index (χ0n) is 9.69. The van der Waals surface area contributed by atoms with Gasteiger partial charge in [0.15, 0.2) is 0 Å². The molecule has 0 radical (unpaired) electrons. The predicted molar refractivity (Wildman–Crippen MR) is 72.9 cm³/mol. The summed E-state index contributed by atoms with van der Waals surface area (Å²) in [5.41, 5.74) is 1.80. The molecule has 0 saturated heterocycles. The molecule has 0 aliphatic rings. The van der Waals surface area contributed by atoms with Gasteiger partial charge < -0.3 is 0 Å². The van der Waals surface area contributed by atoms with Gasteiger partial charge in [-0.3, -0.25) is 0 Å². The highest BCUT2D eigenvalue weighted by atomic mass is 33.1. The van der Waals surface area contributed by atoms with E-state index in [1.165, 1.54) is 0 Å². The minimum Gasteiger partial charge on any atom is -0.211 e. The van der Waals surface area contributed by atoms with Crippen molar-refractivity contribution in [3.8, 4) is 0 Å². The standard InChI is InChI=1S/C12H15NOS2/c1-12(2,3)16-15-8-10-6-4-5-7-11(10)13-9-14/h4-7H,8H2,1-3H3. The zero-order valence-corrected chi connectivity index (χ0v) is 11.3. The normalized spacial score (nSPS) is 10.9. The van der Waals surface area contributed by atoms with E-state index >= 15 is 0 Å². The zero-order chi connectivity index (χ0) is 12.0. The first-order chi connectivity index (χ1) is 7.53. The van der Waals surface area contributed by atoms with Gasteiger partial charge in [0.25, 0.3) is 0 Å². The molecule has 0 amide bonds. The average molecular weight is 253 g/mol. The van der Waals surface area contributed by atoms with Gasteiger partial charge in [0.2, 0.25) is 6.08 Å². The van der Waals surface area contributed by atoms with Crippen molar-refractivity contribution in [1.82, 2.24) is 0 Å². The second kappa shape index (κ2) is 6.14. The fourth-order valence-electron chi connectivity index (χ4n) is 1.06. The third-order valence-electron chi connectivity index (χ3n) is 1.68. The van der Waals surface area contributed by atoms with Crippen LogP contribution in [-0.2, 0) is 10.5 Å². The number of carbonyl (C=O) groups excluding carboxylic acids is 1. The molecule has 16 heavy (non-hydrogen) atoms. The van der Waals surface area contributed by atoms with Crippen molar-refractivity contribution in [2.24, 2.45) is 4.99 Å². The lowest BCUT2D eigenvalue weighted by Crippen LogP contribution is -2.04. The lowest BCUT2D eigenvalue weighted by atomic mass is 10.2. The van der Waals surface area contributed by atoms with Crippen molar-refractivity contribution in [3.63, 3.8) is 0 Å². The third-order valence-corrected chi connectivity index (χ3v) is 4.93. The molecule has 0 aliphatic heterocycles. The molecule has 0 fully saturated rings. The smallest absolute Gasteiger partial charge is 0.211 e. The molecule has 1 rings (SSSR count). The van der Waals surface area contributed by atoms with Gasteiger partial charge in [0.1, 0.15) is 0 Å². The number of hydrogen-bond acceptors (Lipinski definition) is 4. The van der Waals surface area contributed by atoms with Crippen molar-refractivity contribution in [3.05, 3.63) is 29.8 Å². The minimum atomic E-state index is 0.244. The summed E-state index contributed by atoms with van der Waals surface area (Å²) in [7, 11) is 3.61. The molecule has 86 valence electrons. The maximum atomic E-state index is 10.3. The Kier molecular flexibility index (Phi) is 5.13. The van der Waals surface area contributed by atoms with Gasteiger partial charge in [-0.25, -0.2) is 4.79 Å². The Morgan fingerprint density at radius 2 is 2.00 bits per heavy atom. The maximum Gasteiger partial charge on any atom is 0.240 e. The lowest BCUT2D eigenvalue weighted by molar-refractivity contribution is 0.565. The second-order valence-corrected chi connectivity index (χ2v) is 7.41. The number of rotatable bonds is 4. The number of aliphatic imine (C=N–C) groups is 1. The lowest BCUT2D eigenvalue weighted by Gasteiger charge is -2.16. The van der Waals surface area contributed by atoms with Gasteiger partial charge in [-0.2, -0.15) is 4.99 Å². The summed E-state index contributed by atoms with van der Waals surface area (Å²) in [4.78, 5) is 13.9. The molecule has 2 nitrogen and oxygen atoms in total. The Hall–Kier alpha value is -0.700. The Morgan fingerprint density at radius 1 is 1.31 bits per heavy atom. The Bertz CT molecular complexity index is 392. The molecule has 1 aromatic carbocycles. The van der Waals surface area contributed by atoms with Gasteiger partial charge in [-0.1, -0.05) is 60.6 Å². The summed E-state index contributed by atoms with van der Waals surface area (Å²) in [5, 5.41) is 0. The summed E-state index contributed by atoms with van der Waals surface area (Å²) in [6, 6.07) is 7.66. The van der Waals surface area contributed by atoms with E-state index in [0.29, 0.717) is 0 Å². The van der Waals surface area contributed by atoms with Crippen LogP contribution in [-0.4, -0.2) is 10.8 Å². The van der Waals surface area contributed by atoms with Crippen LogP contribution in [0.3, 0.4) is 0 Å². The van der Waals surface area contributed by atoms with Gasteiger partial charge in [-0.05, 0) is 11.6 Å². The first-order valence-corrected chi connectivity index (χ1v) is 7.31. The molecular weight excluding hydrogens is 238 g/mol. The van der Waals surface area contributed by atoms with Gasteiger partial charge >= 0.3 is 0 Å². The van der Waals surface area contributed by atoms with Crippen LogP contribution in [0.15, 0.2) is 29.3 Å². The number of para-hydroxylation sites is 1. The summed E-state index contributed by atoms with van der Waals surface area (Å²) in [6.45, 7) is 6.54. The van der Waals surface area contributed by atoms with E-state index in [4.69, 9.17) is 0 Å². The van der Waals surface area contributed by atoms with Crippen LogP contribution >= 0.6 is 21.6 Å². The van der Waals surface area contributed by atoms with E-state index in [0.717, 1.165) is 17.0 Å². The molecule has 0 aromatic heterocycles. The highest BCUT2D eigenvalue weighted by Gasteiger charge is 2.11. The fraction of sp³-hybridized carbons (Fsp3) is 0.417. The minimum absolute atomic E-state index is 0.244. The Morgan fingerprint density at radius 3 is 2.62 bits per heavy atom. The number of hydrogen-bond donors (Lipinski definition) is 0. The van der Waals surface area contributed by atoms with Gasteiger partial charge in [0, 0.05) is 10.5 Å². The van der Waals surface area contributed by atoms with Gasteiger partial charge in [0.05, 0.1) is 5.69 Å². The largest absolute Gasteiger partial charge is 0.240 e. The Labute approximate surface area is 104 Å². The molecule has 0 bridgehead atoms. The van der Waals surface area contributed by atoms with Crippen molar-refractivity contribution >= 4 is 33.4 Å². The quantitative estimate of drug-likeness (QED) is 0.454. The van der Waals surface area contributed by atoms with Crippen LogP contribution in [0.2, 0.25) is 0 Å². The highest BCUT2D eigenvalue weighted by molar-refractivity contribution is 8.76. The van der Waals surface area contributed by atoms with E-state index in [9.17, 15) is 4.79 Å². The number of benzene rings is 1. The van der Waals surface area contributed by atoms with E-state index in [1.54, 1.807) is 16.9 Å². The molecule has 0 heterocycles. The summed E-state index contributed by atoms with van der Waals surface area (Å²) >= 11 is 0. The molecule has 0 unspecified atom stereocenters. The first-order valence-electron chi connectivity index (χ1n) is 4.99. The fourth-order valence-corrected chi connectivity index (χ4v) is 3.46. The highest BCUT2D eigenvalue weighted by Crippen LogP contribution is 2.38. The molecule has 0 saturated carbocycles. The third kappa shape index (κ3) is 4.88. The summed E-state index contributed by atoms with van der Waals surface area (Å²) in [6.07, 6.45) is 1.59. The average Bonchev–Trinajstić information content (AvgIpc) is 2.19. The van der Waals surface area contributed by atoms with Crippen molar-refractivity contribution < 1.29 is 4.79 Å². The molecule has 0 spiro atoms. The van der Waals surface area contributed by atoms with Crippen LogP contribution in [0.25, 0.3) is 0 Å². The number of isocyanates is 1. The first kappa shape index (κ1) is 13.4.